The zero-order valence-corrected chi connectivity index (χ0v) is 20.8. The molecule has 4 nitrogen and oxygen atoms in total. The molecule has 1 heterocycles. The monoisotopic (exact) mass is 494 g/mol. The van der Waals surface area contributed by atoms with Crippen LogP contribution in [0, 0.1) is 0 Å². The summed E-state index contributed by atoms with van der Waals surface area (Å²) < 4.78 is 28.8. The highest BCUT2D eigenvalue weighted by molar-refractivity contribution is 7.89. The average molecular weight is 496 g/mol. The van der Waals surface area contributed by atoms with Crippen molar-refractivity contribution < 1.29 is 8.42 Å². The molecule has 2 aromatic rings. The van der Waals surface area contributed by atoms with Gasteiger partial charge in [0.15, 0.2) is 0 Å². The molecule has 0 aromatic heterocycles. The molecule has 174 valence electrons. The number of rotatable bonds is 11. The van der Waals surface area contributed by atoms with Crippen LogP contribution in [0.25, 0.3) is 0 Å². The Labute approximate surface area is 202 Å². The summed E-state index contributed by atoms with van der Waals surface area (Å²) in [4.78, 5) is 2.94. The van der Waals surface area contributed by atoms with Crippen molar-refractivity contribution in [1.82, 2.24) is 9.62 Å². The Hall–Kier alpha value is -1.11. The number of nitrogens with one attached hydrogen (secondary N) is 1. The number of aryl methyl sites for hydroxylation is 3. The SMILES string of the molecule is O=S(=O)(NCCCCN1CCc2cccc3c2C1CC3)c1cc(CCCl)ccc1CCCl. The maximum absolute atomic E-state index is 13.0. The highest BCUT2D eigenvalue weighted by atomic mass is 35.5. The fourth-order valence-corrected chi connectivity index (χ4v) is 6.98. The van der Waals surface area contributed by atoms with Gasteiger partial charge in [0.2, 0.25) is 10.0 Å². The number of benzene rings is 2. The molecule has 0 fully saturated rings. The number of sulfonamides is 1. The molecule has 1 atom stereocenters. The lowest BCUT2D eigenvalue weighted by Gasteiger charge is -2.35. The number of unbranched alkanes of at least 4 members (excludes halogenated alkanes) is 1. The van der Waals surface area contributed by atoms with Crippen LogP contribution in [0.3, 0.4) is 0 Å². The van der Waals surface area contributed by atoms with Crippen LogP contribution < -0.4 is 4.72 Å². The molecule has 2 aromatic carbocycles. The van der Waals surface area contributed by atoms with Crippen LogP contribution in [0.5, 0.6) is 0 Å². The van der Waals surface area contributed by atoms with E-state index in [2.05, 4.69) is 27.8 Å². The highest BCUT2D eigenvalue weighted by Crippen LogP contribution is 2.41. The lowest BCUT2D eigenvalue weighted by atomic mass is 9.93. The summed E-state index contributed by atoms with van der Waals surface area (Å²) in [5.41, 5.74) is 6.31. The molecule has 4 rings (SSSR count). The first-order chi connectivity index (χ1) is 15.5. The fraction of sp³-hybridized carbons (Fsp3) is 0.520. The van der Waals surface area contributed by atoms with Crippen molar-refractivity contribution in [2.45, 2.75) is 55.9 Å². The van der Waals surface area contributed by atoms with Crippen LogP contribution in [0.1, 0.15) is 53.1 Å². The van der Waals surface area contributed by atoms with E-state index in [0.717, 1.165) is 43.5 Å². The van der Waals surface area contributed by atoms with Gasteiger partial charge in [0, 0.05) is 30.9 Å². The van der Waals surface area contributed by atoms with Crippen molar-refractivity contribution in [3.8, 4) is 0 Å². The normalized spacial score (nSPS) is 18.1. The average Bonchev–Trinajstić information content (AvgIpc) is 3.22. The second kappa shape index (κ2) is 10.9. The first-order valence-electron chi connectivity index (χ1n) is 11.6. The van der Waals surface area contributed by atoms with Crippen molar-refractivity contribution in [2.75, 3.05) is 31.4 Å². The number of alkyl halides is 2. The Morgan fingerprint density at radius 2 is 1.78 bits per heavy atom. The van der Waals surface area contributed by atoms with Gasteiger partial charge in [-0.2, -0.15) is 0 Å². The van der Waals surface area contributed by atoms with Crippen molar-refractivity contribution in [3.63, 3.8) is 0 Å². The predicted molar refractivity (Wildman–Crippen MR) is 132 cm³/mol. The quantitative estimate of drug-likeness (QED) is 0.358. The lowest BCUT2D eigenvalue weighted by molar-refractivity contribution is 0.182. The van der Waals surface area contributed by atoms with Gasteiger partial charge >= 0.3 is 0 Å². The van der Waals surface area contributed by atoms with E-state index < -0.39 is 10.0 Å². The van der Waals surface area contributed by atoms with Gasteiger partial charge in [-0.3, -0.25) is 4.90 Å². The van der Waals surface area contributed by atoms with E-state index in [4.69, 9.17) is 23.2 Å². The van der Waals surface area contributed by atoms with Gasteiger partial charge in [0.1, 0.15) is 0 Å². The smallest absolute Gasteiger partial charge is 0.240 e. The van der Waals surface area contributed by atoms with Gasteiger partial charge in [0.25, 0.3) is 0 Å². The molecule has 32 heavy (non-hydrogen) atoms. The molecule has 0 saturated carbocycles. The van der Waals surface area contributed by atoms with E-state index in [9.17, 15) is 8.42 Å². The van der Waals surface area contributed by atoms with Crippen LogP contribution in [-0.4, -0.2) is 44.7 Å². The summed E-state index contributed by atoms with van der Waals surface area (Å²) in [6.07, 6.45) is 6.49. The molecule has 1 unspecified atom stereocenters. The number of hydrogen-bond acceptors (Lipinski definition) is 3. The maximum atomic E-state index is 13.0. The number of hydrogen-bond donors (Lipinski definition) is 1. The van der Waals surface area contributed by atoms with Gasteiger partial charge in [0.05, 0.1) is 4.90 Å². The first-order valence-corrected chi connectivity index (χ1v) is 14.2. The third kappa shape index (κ3) is 5.34. The summed E-state index contributed by atoms with van der Waals surface area (Å²) >= 11 is 11.7. The Balaban J connectivity index is 1.31. The van der Waals surface area contributed by atoms with Gasteiger partial charge in [-0.15, -0.1) is 23.2 Å². The van der Waals surface area contributed by atoms with Crippen LogP contribution in [0.2, 0.25) is 0 Å². The number of halogens is 2. The zero-order valence-electron chi connectivity index (χ0n) is 18.5. The third-order valence-electron chi connectivity index (χ3n) is 6.75. The fourth-order valence-electron chi connectivity index (χ4n) is 5.17. The van der Waals surface area contributed by atoms with Crippen molar-refractivity contribution in [2.24, 2.45) is 0 Å². The molecule has 0 radical (unpaired) electrons. The Bertz CT molecular complexity index is 1040. The summed E-state index contributed by atoms with van der Waals surface area (Å²) in [6.45, 7) is 2.56. The number of nitrogens with zero attached hydrogens (tertiary/aromatic N) is 1. The molecule has 0 bridgehead atoms. The summed E-state index contributed by atoms with van der Waals surface area (Å²) in [5.74, 6) is 0.852. The summed E-state index contributed by atoms with van der Waals surface area (Å²) in [6, 6.07) is 12.9. The molecular formula is C25H32Cl2N2O2S. The summed E-state index contributed by atoms with van der Waals surface area (Å²) in [7, 11) is -3.57. The predicted octanol–water partition coefficient (Wildman–Crippen LogP) is 4.85. The second-order valence-corrected chi connectivity index (χ2v) is 11.2. The Morgan fingerprint density at radius 3 is 2.56 bits per heavy atom. The minimum absolute atomic E-state index is 0.340. The van der Waals surface area contributed by atoms with E-state index in [-0.39, 0.29) is 0 Å². The van der Waals surface area contributed by atoms with E-state index in [0.29, 0.717) is 42.1 Å². The van der Waals surface area contributed by atoms with Crippen LogP contribution in [0.15, 0.2) is 41.3 Å². The van der Waals surface area contributed by atoms with Crippen molar-refractivity contribution >= 4 is 33.2 Å². The standard InChI is InChI=1S/C25H32Cl2N2O2S/c26-13-10-19-6-7-20(11-14-27)24(18-19)32(30,31)28-15-1-2-16-29-17-12-22-5-3-4-21-8-9-23(29)25(21)22/h3-7,18,23,28H,1-2,8-17H2. The van der Waals surface area contributed by atoms with E-state index in [1.54, 1.807) is 11.6 Å². The second-order valence-electron chi connectivity index (χ2n) is 8.76. The van der Waals surface area contributed by atoms with Gasteiger partial charge in [-0.1, -0.05) is 30.3 Å². The molecule has 1 aliphatic carbocycles. The van der Waals surface area contributed by atoms with Gasteiger partial charge in [-0.25, -0.2) is 13.1 Å². The molecule has 2 aliphatic rings. The molecule has 0 amide bonds. The van der Waals surface area contributed by atoms with Gasteiger partial charge in [-0.05, 0) is 85.4 Å². The zero-order chi connectivity index (χ0) is 22.6. The molecule has 7 heteroatoms. The molecule has 1 N–H and O–H groups in total. The van der Waals surface area contributed by atoms with E-state index in [1.165, 1.54) is 24.0 Å². The molecule has 0 saturated heterocycles. The van der Waals surface area contributed by atoms with Crippen LogP contribution in [0.4, 0.5) is 0 Å². The van der Waals surface area contributed by atoms with E-state index in [1.807, 2.05) is 12.1 Å². The van der Waals surface area contributed by atoms with Gasteiger partial charge < -0.3 is 0 Å². The van der Waals surface area contributed by atoms with Crippen molar-refractivity contribution in [1.29, 1.82) is 0 Å². The minimum atomic E-state index is -3.57. The Kier molecular flexibility index (Phi) is 8.17. The molecular weight excluding hydrogens is 463 g/mol. The van der Waals surface area contributed by atoms with E-state index >= 15 is 0 Å². The van der Waals surface area contributed by atoms with Crippen molar-refractivity contribution in [3.05, 3.63) is 64.2 Å². The maximum Gasteiger partial charge on any atom is 0.240 e. The topological polar surface area (TPSA) is 49.4 Å². The molecule has 0 spiro atoms. The lowest BCUT2D eigenvalue weighted by Crippen LogP contribution is -2.35. The Morgan fingerprint density at radius 1 is 1.00 bits per heavy atom. The first kappa shape index (κ1) is 24.0. The van der Waals surface area contributed by atoms with Crippen LogP contribution >= 0.6 is 23.2 Å². The largest absolute Gasteiger partial charge is 0.296 e. The minimum Gasteiger partial charge on any atom is -0.296 e. The molecule has 1 aliphatic heterocycles. The summed E-state index contributed by atoms with van der Waals surface area (Å²) in [5, 5.41) is 0. The van der Waals surface area contributed by atoms with Crippen LogP contribution in [-0.2, 0) is 35.7 Å². The third-order valence-corrected chi connectivity index (χ3v) is 8.67. The highest BCUT2D eigenvalue weighted by Gasteiger charge is 2.32.